The second-order valence-corrected chi connectivity index (χ2v) is 9.15. The van der Waals surface area contributed by atoms with Crippen LogP contribution in [-0.4, -0.2) is 49.6 Å². The molecule has 1 fully saturated rings. The number of aryl methyl sites for hydroxylation is 1. The molecule has 0 spiro atoms. The summed E-state index contributed by atoms with van der Waals surface area (Å²) >= 11 is 0. The number of hydrogen-bond donors (Lipinski definition) is 2. The Kier molecular flexibility index (Phi) is 8.36. The first-order chi connectivity index (χ1) is 16.2. The van der Waals surface area contributed by atoms with Crippen molar-refractivity contribution in [3.05, 3.63) is 59.7 Å². The van der Waals surface area contributed by atoms with Gasteiger partial charge in [0.05, 0.1) is 6.42 Å². The minimum atomic E-state index is -0.108. The highest BCUT2D eigenvalue weighted by Gasteiger charge is 2.21. The maximum atomic E-state index is 13.0. The summed E-state index contributed by atoms with van der Waals surface area (Å²) in [4.78, 5) is 29.6. The first-order valence-electron chi connectivity index (χ1n) is 12.4. The second kappa shape index (κ2) is 11.8. The number of hydrogen-bond acceptors (Lipinski definition) is 3. The molecule has 0 unspecified atom stereocenters. The molecular weight excluding hydrogens is 412 g/mol. The first kappa shape index (κ1) is 23.3. The highest BCUT2D eigenvalue weighted by molar-refractivity contribution is 6.02. The number of anilines is 2. The van der Waals surface area contributed by atoms with Gasteiger partial charge in [-0.15, -0.1) is 0 Å². The summed E-state index contributed by atoms with van der Waals surface area (Å²) in [5.41, 5.74) is 3.91. The van der Waals surface area contributed by atoms with Crippen LogP contribution in [0.1, 0.15) is 49.7 Å². The van der Waals surface area contributed by atoms with Gasteiger partial charge in [0.25, 0.3) is 0 Å². The Morgan fingerprint density at radius 2 is 1.55 bits per heavy atom. The molecule has 6 nitrogen and oxygen atoms in total. The Hall–Kier alpha value is -2.86. The molecule has 176 valence electrons. The van der Waals surface area contributed by atoms with E-state index in [1.807, 2.05) is 47.4 Å². The lowest BCUT2D eigenvalue weighted by molar-refractivity contribution is -0.120. The SMILES string of the molecule is O=C(Cc1ccc(NC(=O)N2CCCCc3ccccc32)cc1)NCCN1CCCCCC1. The fourth-order valence-corrected chi connectivity index (χ4v) is 4.76. The maximum absolute atomic E-state index is 13.0. The number of benzene rings is 2. The van der Waals surface area contributed by atoms with E-state index in [-0.39, 0.29) is 11.9 Å². The van der Waals surface area contributed by atoms with Crippen LogP contribution in [0.25, 0.3) is 0 Å². The second-order valence-electron chi connectivity index (χ2n) is 9.15. The van der Waals surface area contributed by atoms with E-state index in [0.29, 0.717) is 13.0 Å². The number of para-hydroxylation sites is 1. The van der Waals surface area contributed by atoms with Crippen LogP contribution in [0, 0.1) is 0 Å². The standard InChI is InChI=1S/C27H36N4O2/c32-26(28-16-20-30-17-6-1-2-7-18-30)21-22-12-14-24(15-13-22)29-27(33)31-19-8-5-10-23-9-3-4-11-25(23)31/h3-4,9,11-15H,1-2,5-8,10,16-21H2,(H,28,32)(H,29,33). The molecule has 3 amide bonds. The summed E-state index contributed by atoms with van der Waals surface area (Å²) in [6, 6.07) is 15.6. The van der Waals surface area contributed by atoms with E-state index in [4.69, 9.17) is 0 Å². The van der Waals surface area contributed by atoms with E-state index < -0.39 is 0 Å². The zero-order valence-electron chi connectivity index (χ0n) is 19.5. The fraction of sp³-hybridized carbons (Fsp3) is 0.481. The first-order valence-corrected chi connectivity index (χ1v) is 12.4. The minimum absolute atomic E-state index is 0.0442. The van der Waals surface area contributed by atoms with Crippen molar-refractivity contribution in [1.29, 1.82) is 0 Å². The summed E-state index contributed by atoms with van der Waals surface area (Å²) in [6.45, 7) is 4.64. The van der Waals surface area contributed by atoms with Crippen molar-refractivity contribution in [2.45, 2.75) is 51.4 Å². The molecule has 2 aromatic carbocycles. The smallest absolute Gasteiger partial charge is 0.326 e. The lowest BCUT2D eigenvalue weighted by Crippen LogP contribution is -2.36. The van der Waals surface area contributed by atoms with E-state index in [0.717, 1.165) is 62.4 Å². The number of nitrogens with zero attached hydrogens (tertiary/aromatic N) is 2. The van der Waals surface area contributed by atoms with Gasteiger partial charge in [-0.1, -0.05) is 43.2 Å². The molecule has 0 bridgehead atoms. The van der Waals surface area contributed by atoms with Gasteiger partial charge >= 0.3 is 6.03 Å². The third kappa shape index (κ3) is 6.81. The van der Waals surface area contributed by atoms with Crippen LogP contribution in [0.4, 0.5) is 16.2 Å². The van der Waals surface area contributed by atoms with Crippen molar-refractivity contribution < 1.29 is 9.59 Å². The molecule has 2 aliphatic rings. The van der Waals surface area contributed by atoms with Gasteiger partial charge in [-0.25, -0.2) is 4.79 Å². The zero-order valence-corrected chi connectivity index (χ0v) is 19.5. The summed E-state index contributed by atoms with van der Waals surface area (Å²) in [7, 11) is 0. The molecule has 1 saturated heterocycles. The van der Waals surface area contributed by atoms with Crippen molar-refractivity contribution in [3.63, 3.8) is 0 Å². The minimum Gasteiger partial charge on any atom is -0.355 e. The lowest BCUT2D eigenvalue weighted by Gasteiger charge is -2.23. The summed E-state index contributed by atoms with van der Waals surface area (Å²) in [6.07, 6.45) is 8.63. The molecule has 0 aliphatic carbocycles. The lowest BCUT2D eigenvalue weighted by atomic mass is 10.1. The molecule has 2 N–H and O–H groups in total. The van der Waals surface area contributed by atoms with Gasteiger partial charge in [0.2, 0.25) is 5.91 Å². The van der Waals surface area contributed by atoms with E-state index in [1.54, 1.807) is 0 Å². The normalized spacial score (nSPS) is 16.9. The fourth-order valence-electron chi connectivity index (χ4n) is 4.76. The molecule has 0 saturated carbocycles. The largest absolute Gasteiger partial charge is 0.355 e. The van der Waals surface area contributed by atoms with Crippen molar-refractivity contribution >= 4 is 23.3 Å². The highest BCUT2D eigenvalue weighted by Crippen LogP contribution is 2.26. The quantitative estimate of drug-likeness (QED) is 0.679. The molecule has 33 heavy (non-hydrogen) atoms. The number of urea groups is 1. The van der Waals surface area contributed by atoms with Crippen LogP contribution in [0.2, 0.25) is 0 Å². The molecule has 6 heteroatoms. The van der Waals surface area contributed by atoms with Crippen LogP contribution in [-0.2, 0) is 17.6 Å². The van der Waals surface area contributed by atoms with Crippen molar-refractivity contribution in [3.8, 4) is 0 Å². The van der Waals surface area contributed by atoms with E-state index in [2.05, 4.69) is 21.6 Å². The van der Waals surface area contributed by atoms with E-state index in [9.17, 15) is 9.59 Å². The van der Waals surface area contributed by atoms with E-state index in [1.165, 1.54) is 31.2 Å². The van der Waals surface area contributed by atoms with Crippen LogP contribution in [0.3, 0.4) is 0 Å². The molecule has 0 aromatic heterocycles. The van der Waals surface area contributed by atoms with Crippen LogP contribution in [0.5, 0.6) is 0 Å². The average Bonchev–Trinajstić information content (AvgIpc) is 3.21. The summed E-state index contributed by atoms with van der Waals surface area (Å²) in [5, 5.41) is 6.06. The Labute approximate surface area is 197 Å². The average molecular weight is 449 g/mol. The topological polar surface area (TPSA) is 64.7 Å². The molecule has 2 heterocycles. The van der Waals surface area contributed by atoms with Gasteiger partial charge in [-0.3, -0.25) is 9.69 Å². The molecule has 2 aromatic rings. The Bertz CT molecular complexity index is 920. The number of carbonyl (C=O) groups is 2. The van der Waals surface area contributed by atoms with Crippen molar-refractivity contribution in [2.75, 3.05) is 42.9 Å². The number of likely N-dealkylation sites (tertiary alicyclic amines) is 1. The van der Waals surface area contributed by atoms with Crippen LogP contribution >= 0.6 is 0 Å². The maximum Gasteiger partial charge on any atom is 0.326 e. The van der Waals surface area contributed by atoms with Crippen LogP contribution in [0.15, 0.2) is 48.5 Å². The van der Waals surface area contributed by atoms with Crippen molar-refractivity contribution in [1.82, 2.24) is 10.2 Å². The van der Waals surface area contributed by atoms with Gasteiger partial charge < -0.3 is 15.5 Å². The molecule has 0 atom stereocenters. The number of carbonyl (C=O) groups excluding carboxylic acids is 2. The number of rotatable bonds is 6. The molecular formula is C27H36N4O2. The van der Waals surface area contributed by atoms with E-state index >= 15 is 0 Å². The van der Waals surface area contributed by atoms with Gasteiger partial charge in [-0.05, 0) is 74.5 Å². The molecule has 2 aliphatic heterocycles. The van der Waals surface area contributed by atoms with Gasteiger partial charge in [0, 0.05) is 31.0 Å². The third-order valence-corrected chi connectivity index (χ3v) is 6.62. The van der Waals surface area contributed by atoms with Gasteiger partial charge in [-0.2, -0.15) is 0 Å². The summed E-state index contributed by atoms with van der Waals surface area (Å²) in [5.74, 6) is 0.0442. The van der Waals surface area contributed by atoms with Crippen LogP contribution < -0.4 is 15.5 Å². The number of amides is 3. The predicted molar refractivity (Wildman–Crippen MR) is 134 cm³/mol. The van der Waals surface area contributed by atoms with Gasteiger partial charge in [0.15, 0.2) is 0 Å². The van der Waals surface area contributed by atoms with Crippen molar-refractivity contribution in [2.24, 2.45) is 0 Å². The monoisotopic (exact) mass is 448 g/mol. The number of fused-ring (bicyclic) bond motifs is 1. The Morgan fingerprint density at radius 3 is 2.33 bits per heavy atom. The zero-order chi connectivity index (χ0) is 22.9. The summed E-state index contributed by atoms with van der Waals surface area (Å²) < 4.78 is 0. The molecule has 0 radical (unpaired) electrons. The Morgan fingerprint density at radius 1 is 0.818 bits per heavy atom. The third-order valence-electron chi connectivity index (χ3n) is 6.62. The number of nitrogens with one attached hydrogen (secondary N) is 2. The van der Waals surface area contributed by atoms with Gasteiger partial charge in [0.1, 0.15) is 0 Å². The predicted octanol–water partition coefficient (Wildman–Crippen LogP) is 4.60. The highest BCUT2D eigenvalue weighted by atomic mass is 16.2. The Balaban J connectivity index is 1.25. The molecule has 4 rings (SSSR count).